The molecule has 1 aromatic carbocycles. The van der Waals surface area contributed by atoms with E-state index < -0.39 is 11.9 Å². The van der Waals surface area contributed by atoms with Crippen molar-refractivity contribution in [3.05, 3.63) is 34.4 Å². The van der Waals surface area contributed by atoms with Crippen LogP contribution in [0.4, 0.5) is 0 Å². The largest absolute Gasteiger partial charge is 0.478 e. The van der Waals surface area contributed by atoms with Crippen molar-refractivity contribution in [2.24, 2.45) is 11.8 Å². The highest BCUT2D eigenvalue weighted by Gasteiger charge is 2.24. The van der Waals surface area contributed by atoms with Crippen LogP contribution in [0.1, 0.15) is 72.4 Å². The number of carbonyl (C=O) groups is 2. The molecule has 0 spiro atoms. The van der Waals surface area contributed by atoms with Gasteiger partial charge in [0.1, 0.15) is 0 Å². The number of benzene rings is 1. The van der Waals surface area contributed by atoms with Gasteiger partial charge in [0.25, 0.3) is 0 Å². The molecule has 1 aromatic rings. The molecular formula is C18H26O4. The SMILES string of the molecule is CCC(C)Cc1ccc(C(=O)O)c(C(=O)O)c1CC(C)CC. The summed E-state index contributed by atoms with van der Waals surface area (Å²) in [5, 5.41) is 18.8. The van der Waals surface area contributed by atoms with Gasteiger partial charge in [-0.15, -0.1) is 0 Å². The molecule has 0 aliphatic heterocycles. The van der Waals surface area contributed by atoms with Crippen molar-refractivity contribution in [2.45, 2.75) is 53.4 Å². The molecule has 0 bridgehead atoms. The summed E-state index contributed by atoms with van der Waals surface area (Å²) in [7, 11) is 0. The maximum absolute atomic E-state index is 11.7. The van der Waals surface area contributed by atoms with Crippen molar-refractivity contribution in [3.8, 4) is 0 Å². The monoisotopic (exact) mass is 306 g/mol. The summed E-state index contributed by atoms with van der Waals surface area (Å²) in [5.74, 6) is -1.58. The van der Waals surface area contributed by atoms with Crippen molar-refractivity contribution in [1.82, 2.24) is 0 Å². The van der Waals surface area contributed by atoms with E-state index in [9.17, 15) is 19.8 Å². The molecular weight excluding hydrogens is 280 g/mol. The standard InChI is InChI=1S/C18H26O4/c1-5-11(3)9-13-7-8-14(17(19)20)16(18(21)22)15(13)10-12(4)6-2/h7-8,11-12H,5-6,9-10H2,1-4H3,(H,19,20)(H,21,22). The third kappa shape index (κ3) is 4.33. The van der Waals surface area contributed by atoms with Crippen LogP contribution >= 0.6 is 0 Å². The first-order chi connectivity index (χ1) is 10.3. The fourth-order valence-electron chi connectivity index (χ4n) is 2.55. The Labute approximate surface area is 132 Å². The van der Waals surface area contributed by atoms with Crippen LogP contribution < -0.4 is 0 Å². The number of hydrogen-bond donors (Lipinski definition) is 2. The van der Waals surface area contributed by atoms with Crippen molar-refractivity contribution in [3.63, 3.8) is 0 Å². The molecule has 2 atom stereocenters. The van der Waals surface area contributed by atoms with Gasteiger partial charge in [-0.05, 0) is 41.9 Å². The Hall–Kier alpha value is -1.84. The molecule has 0 radical (unpaired) electrons. The van der Waals surface area contributed by atoms with E-state index in [4.69, 9.17) is 0 Å². The lowest BCUT2D eigenvalue weighted by Gasteiger charge is -2.19. The van der Waals surface area contributed by atoms with Gasteiger partial charge >= 0.3 is 11.9 Å². The van der Waals surface area contributed by atoms with E-state index in [0.29, 0.717) is 23.8 Å². The lowest BCUT2D eigenvalue weighted by Crippen LogP contribution is -2.16. The molecule has 22 heavy (non-hydrogen) atoms. The van der Waals surface area contributed by atoms with Crippen LogP contribution in [-0.4, -0.2) is 22.2 Å². The molecule has 1 rings (SSSR count). The Balaban J connectivity index is 3.47. The minimum absolute atomic E-state index is 0.0337. The first-order valence-corrected chi connectivity index (χ1v) is 7.93. The Morgan fingerprint density at radius 1 is 0.955 bits per heavy atom. The third-order valence-electron chi connectivity index (χ3n) is 4.37. The summed E-state index contributed by atoms with van der Waals surface area (Å²) in [6, 6.07) is 3.23. The van der Waals surface area contributed by atoms with Crippen LogP contribution in [0.25, 0.3) is 0 Å². The zero-order valence-corrected chi connectivity index (χ0v) is 13.8. The van der Waals surface area contributed by atoms with E-state index in [0.717, 1.165) is 24.8 Å². The quantitative estimate of drug-likeness (QED) is 0.752. The van der Waals surface area contributed by atoms with Crippen LogP contribution in [0.3, 0.4) is 0 Å². The van der Waals surface area contributed by atoms with Gasteiger partial charge in [0.05, 0.1) is 11.1 Å². The second-order valence-corrected chi connectivity index (χ2v) is 6.17. The van der Waals surface area contributed by atoms with Crippen LogP contribution in [0.15, 0.2) is 12.1 Å². The lowest BCUT2D eigenvalue weighted by molar-refractivity contribution is 0.0650. The molecule has 0 heterocycles. The van der Waals surface area contributed by atoms with Gasteiger partial charge in [0.2, 0.25) is 0 Å². The van der Waals surface area contributed by atoms with Gasteiger partial charge in [0.15, 0.2) is 0 Å². The van der Waals surface area contributed by atoms with Gasteiger partial charge in [-0.3, -0.25) is 0 Å². The molecule has 0 aliphatic rings. The van der Waals surface area contributed by atoms with Crippen LogP contribution in [0.2, 0.25) is 0 Å². The summed E-state index contributed by atoms with van der Waals surface area (Å²) < 4.78 is 0. The second kappa shape index (κ2) is 7.97. The minimum atomic E-state index is -1.18. The van der Waals surface area contributed by atoms with Gasteiger partial charge < -0.3 is 10.2 Å². The topological polar surface area (TPSA) is 74.6 Å². The van der Waals surface area contributed by atoms with E-state index in [-0.39, 0.29) is 11.1 Å². The lowest BCUT2D eigenvalue weighted by atomic mass is 9.85. The van der Waals surface area contributed by atoms with E-state index in [1.165, 1.54) is 6.07 Å². The molecule has 0 amide bonds. The number of aromatic carboxylic acids is 2. The average Bonchev–Trinajstić information content (AvgIpc) is 2.47. The minimum Gasteiger partial charge on any atom is -0.478 e. The summed E-state index contributed by atoms with van der Waals surface area (Å²) in [6.45, 7) is 8.34. The number of carboxylic acids is 2. The number of rotatable bonds is 8. The molecule has 0 aromatic heterocycles. The molecule has 122 valence electrons. The smallest absolute Gasteiger partial charge is 0.336 e. The maximum atomic E-state index is 11.7. The average molecular weight is 306 g/mol. The number of hydrogen-bond acceptors (Lipinski definition) is 2. The van der Waals surface area contributed by atoms with Crippen molar-refractivity contribution >= 4 is 11.9 Å². The van der Waals surface area contributed by atoms with E-state index >= 15 is 0 Å². The van der Waals surface area contributed by atoms with E-state index in [2.05, 4.69) is 27.7 Å². The van der Waals surface area contributed by atoms with Crippen LogP contribution in [0.5, 0.6) is 0 Å². The first kappa shape index (κ1) is 18.2. The molecule has 0 saturated carbocycles. The summed E-state index contributed by atoms with van der Waals surface area (Å²) in [4.78, 5) is 23.0. The Bertz CT molecular complexity index is 548. The van der Waals surface area contributed by atoms with Crippen molar-refractivity contribution in [2.75, 3.05) is 0 Å². The van der Waals surface area contributed by atoms with Crippen molar-refractivity contribution < 1.29 is 19.8 Å². The Kier molecular flexibility index (Phi) is 6.60. The summed E-state index contributed by atoms with van der Waals surface area (Å²) in [6.07, 6.45) is 3.32. The normalized spacial score (nSPS) is 13.6. The highest BCUT2D eigenvalue weighted by atomic mass is 16.4. The highest BCUT2D eigenvalue weighted by Crippen LogP contribution is 2.26. The zero-order chi connectivity index (χ0) is 16.9. The van der Waals surface area contributed by atoms with Gasteiger partial charge in [0, 0.05) is 0 Å². The molecule has 0 fully saturated rings. The first-order valence-electron chi connectivity index (χ1n) is 7.93. The number of carboxylic acid groups (broad SMARTS) is 2. The van der Waals surface area contributed by atoms with Crippen molar-refractivity contribution in [1.29, 1.82) is 0 Å². The molecule has 4 nitrogen and oxygen atoms in total. The van der Waals surface area contributed by atoms with Gasteiger partial charge in [-0.1, -0.05) is 46.6 Å². The summed E-state index contributed by atoms with van der Waals surface area (Å²) in [5.41, 5.74) is 1.52. The van der Waals surface area contributed by atoms with E-state index in [1.54, 1.807) is 6.07 Å². The van der Waals surface area contributed by atoms with E-state index in [1.807, 2.05) is 0 Å². The fraction of sp³-hybridized carbons (Fsp3) is 0.556. The van der Waals surface area contributed by atoms with Crippen LogP contribution in [0, 0.1) is 11.8 Å². The molecule has 2 unspecified atom stereocenters. The molecule has 0 saturated heterocycles. The highest BCUT2D eigenvalue weighted by molar-refractivity contribution is 6.03. The van der Waals surface area contributed by atoms with Gasteiger partial charge in [-0.25, -0.2) is 9.59 Å². The fourth-order valence-corrected chi connectivity index (χ4v) is 2.55. The Morgan fingerprint density at radius 2 is 1.50 bits per heavy atom. The Morgan fingerprint density at radius 3 is 1.95 bits per heavy atom. The zero-order valence-electron chi connectivity index (χ0n) is 13.8. The molecule has 0 aliphatic carbocycles. The molecule has 4 heteroatoms. The predicted octanol–water partition coefficient (Wildman–Crippen LogP) is 4.26. The third-order valence-corrected chi connectivity index (χ3v) is 4.37. The molecule has 2 N–H and O–H groups in total. The maximum Gasteiger partial charge on any atom is 0.336 e. The predicted molar refractivity (Wildman–Crippen MR) is 86.7 cm³/mol. The second-order valence-electron chi connectivity index (χ2n) is 6.17. The van der Waals surface area contributed by atoms with Crippen LogP contribution in [-0.2, 0) is 12.8 Å². The van der Waals surface area contributed by atoms with Gasteiger partial charge in [-0.2, -0.15) is 0 Å². The summed E-state index contributed by atoms with van der Waals surface area (Å²) >= 11 is 0.